The van der Waals surface area contributed by atoms with Gasteiger partial charge >= 0.3 is 0 Å². The maximum Gasteiger partial charge on any atom is 0.217 e. The Morgan fingerprint density at radius 2 is 2.60 bits per heavy atom. The highest BCUT2D eigenvalue weighted by Crippen LogP contribution is 2.24. The highest BCUT2D eigenvalue weighted by molar-refractivity contribution is 5.73. The summed E-state index contributed by atoms with van der Waals surface area (Å²) in [6.07, 6.45) is 0.781. The lowest BCUT2D eigenvalue weighted by Gasteiger charge is -1.94. The highest BCUT2D eigenvalue weighted by Gasteiger charge is 2.36. The van der Waals surface area contributed by atoms with Gasteiger partial charge in [0, 0.05) is 17.9 Å². The van der Waals surface area contributed by atoms with E-state index in [-0.39, 0.29) is 18.0 Å². The zero-order valence-electron chi connectivity index (χ0n) is 5.61. The molecule has 1 fully saturated rings. The van der Waals surface area contributed by atoms with Gasteiger partial charge in [0.05, 0.1) is 6.04 Å². The lowest BCUT2D eigenvalue weighted by atomic mass is 10.6. The van der Waals surface area contributed by atoms with E-state index < -0.39 is 0 Å². The van der Waals surface area contributed by atoms with Gasteiger partial charge in [-0.05, 0) is 12.0 Å². The Balaban J connectivity index is 2.25. The van der Waals surface area contributed by atoms with Gasteiger partial charge < -0.3 is 5.32 Å². The molecule has 0 radical (unpaired) electrons. The number of carbonyl (C=O) groups is 1. The van der Waals surface area contributed by atoms with E-state index in [1.54, 1.807) is 0 Å². The molecule has 0 aromatic carbocycles. The molecule has 2 unspecified atom stereocenters. The topological polar surface area (TPSA) is 77.9 Å². The number of hydrogen-bond acceptors (Lipinski definition) is 2. The van der Waals surface area contributed by atoms with Crippen molar-refractivity contribution >= 4 is 5.91 Å². The SMILES string of the molecule is CC(=O)NC1CC1N=[N+]=[N-]. The molecule has 0 bridgehead atoms. The van der Waals surface area contributed by atoms with Crippen LogP contribution in [0.15, 0.2) is 5.11 Å². The van der Waals surface area contributed by atoms with Crippen molar-refractivity contribution in [1.82, 2.24) is 5.32 Å². The third-order valence-electron chi connectivity index (χ3n) is 1.35. The predicted molar refractivity (Wildman–Crippen MR) is 35.2 cm³/mol. The van der Waals surface area contributed by atoms with Crippen LogP contribution in [0.1, 0.15) is 13.3 Å². The van der Waals surface area contributed by atoms with Gasteiger partial charge in [0.1, 0.15) is 0 Å². The van der Waals surface area contributed by atoms with Crippen LogP contribution in [0.4, 0.5) is 0 Å². The van der Waals surface area contributed by atoms with Gasteiger partial charge in [-0.25, -0.2) is 0 Å². The Labute approximate surface area is 58.0 Å². The molecular weight excluding hydrogens is 132 g/mol. The molecule has 1 N–H and O–H groups in total. The van der Waals surface area contributed by atoms with Crippen LogP contribution in [0.3, 0.4) is 0 Å². The number of rotatable bonds is 2. The molecule has 0 aromatic heterocycles. The maximum atomic E-state index is 10.4. The van der Waals surface area contributed by atoms with Crippen LogP contribution in [0, 0.1) is 0 Å². The number of azide groups is 1. The molecular formula is C5H8N4O. The Morgan fingerprint density at radius 3 is 3.10 bits per heavy atom. The molecule has 0 aliphatic heterocycles. The Hall–Kier alpha value is -1.22. The first kappa shape index (κ1) is 6.89. The predicted octanol–water partition coefficient (Wildman–Crippen LogP) is 0.574. The summed E-state index contributed by atoms with van der Waals surface area (Å²) in [4.78, 5) is 13.0. The van der Waals surface area contributed by atoms with Crippen LogP contribution in [0.2, 0.25) is 0 Å². The average molecular weight is 140 g/mol. The fourth-order valence-corrected chi connectivity index (χ4v) is 0.792. The van der Waals surface area contributed by atoms with Crippen molar-refractivity contribution in [1.29, 1.82) is 0 Å². The van der Waals surface area contributed by atoms with E-state index in [1.807, 2.05) is 0 Å². The Kier molecular flexibility index (Phi) is 1.78. The van der Waals surface area contributed by atoms with Gasteiger partial charge in [0.25, 0.3) is 0 Å². The van der Waals surface area contributed by atoms with E-state index >= 15 is 0 Å². The zero-order valence-corrected chi connectivity index (χ0v) is 5.61. The van der Waals surface area contributed by atoms with E-state index in [2.05, 4.69) is 15.3 Å². The normalized spacial score (nSPS) is 28.5. The molecule has 10 heavy (non-hydrogen) atoms. The largest absolute Gasteiger partial charge is 0.353 e. The van der Waals surface area contributed by atoms with Crippen molar-refractivity contribution in [2.45, 2.75) is 25.4 Å². The van der Waals surface area contributed by atoms with Crippen molar-refractivity contribution in [3.8, 4) is 0 Å². The Bertz CT molecular complexity index is 196. The van der Waals surface area contributed by atoms with Crippen molar-refractivity contribution in [3.05, 3.63) is 10.4 Å². The lowest BCUT2D eigenvalue weighted by Crippen LogP contribution is -2.24. The van der Waals surface area contributed by atoms with E-state index in [0.717, 1.165) is 6.42 Å². The number of nitrogens with one attached hydrogen (secondary N) is 1. The first-order valence-corrected chi connectivity index (χ1v) is 3.05. The number of hydrogen-bond donors (Lipinski definition) is 1. The molecule has 5 nitrogen and oxygen atoms in total. The summed E-state index contributed by atoms with van der Waals surface area (Å²) in [6.45, 7) is 1.45. The monoisotopic (exact) mass is 140 g/mol. The summed E-state index contributed by atoms with van der Waals surface area (Å²) in [7, 11) is 0. The summed E-state index contributed by atoms with van der Waals surface area (Å²) in [5.41, 5.74) is 7.97. The second-order valence-electron chi connectivity index (χ2n) is 2.31. The van der Waals surface area contributed by atoms with Gasteiger partial charge in [0.2, 0.25) is 5.91 Å². The second kappa shape index (κ2) is 2.58. The van der Waals surface area contributed by atoms with E-state index in [4.69, 9.17) is 5.53 Å². The number of nitrogens with zero attached hydrogens (tertiary/aromatic N) is 3. The first-order valence-electron chi connectivity index (χ1n) is 3.05. The van der Waals surface area contributed by atoms with Gasteiger partial charge in [-0.2, -0.15) is 0 Å². The molecule has 1 saturated carbocycles. The van der Waals surface area contributed by atoms with Crippen molar-refractivity contribution in [2.24, 2.45) is 5.11 Å². The van der Waals surface area contributed by atoms with Gasteiger partial charge in [0.15, 0.2) is 0 Å². The minimum Gasteiger partial charge on any atom is -0.353 e. The molecule has 0 aromatic rings. The second-order valence-corrected chi connectivity index (χ2v) is 2.31. The molecule has 2 atom stereocenters. The van der Waals surface area contributed by atoms with Gasteiger partial charge in [-0.15, -0.1) is 0 Å². The van der Waals surface area contributed by atoms with Crippen LogP contribution < -0.4 is 5.32 Å². The van der Waals surface area contributed by atoms with Crippen LogP contribution >= 0.6 is 0 Å². The van der Waals surface area contributed by atoms with Crippen LogP contribution in [-0.4, -0.2) is 18.0 Å². The van der Waals surface area contributed by atoms with Gasteiger partial charge in [-0.1, -0.05) is 5.11 Å². The molecule has 5 heteroatoms. The molecule has 54 valence electrons. The van der Waals surface area contributed by atoms with Crippen LogP contribution in [0.25, 0.3) is 10.4 Å². The Morgan fingerprint density at radius 1 is 1.90 bits per heavy atom. The standard InChI is InChI=1S/C5H8N4O/c1-3(10)7-4-2-5(4)8-9-6/h4-5H,2H2,1H3,(H,7,10). The van der Waals surface area contributed by atoms with Crippen LogP contribution in [-0.2, 0) is 4.79 Å². The van der Waals surface area contributed by atoms with E-state index in [0.29, 0.717) is 0 Å². The number of amides is 1. The quantitative estimate of drug-likeness (QED) is 0.339. The smallest absolute Gasteiger partial charge is 0.217 e. The molecule has 0 saturated heterocycles. The molecule has 1 rings (SSSR count). The number of carbonyl (C=O) groups excluding carboxylic acids is 1. The molecule has 1 aliphatic carbocycles. The molecule has 1 aliphatic rings. The van der Waals surface area contributed by atoms with Crippen molar-refractivity contribution < 1.29 is 4.79 Å². The first-order chi connectivity index (χ1) is 4.74. The molecule has 1 amide bonds. The third-order valence-corrected chi connectivity index (χ3v) is 1.35. The summed E-state index contributed by atoms with van der Waals surface area (Å²) in [5.74, 6) is -0.0689. The fourth-order valence-electron chi connectivity index (χ4n) is 0.792. The minimum atomic E-state index is -0.0689. The average Bonchev–Trinajstić information content (AvgIpc) is 2.47. The van der Waals surface area contributed by atoms with Gasteiger partial charge in [-0.3, -0.25) is 4.79 Å². The molecule has 0 spiro atoms. The highest BCUT2D eigenvalue weighted by atomic mass is 16.1. The van der Waals surface area contributed by atoms with E-state index in [1.165, 1.54) is 6.92 Å². The summed E-state index contributed by atoms with van der Waals surface area (Å²) >= 11 is 0. The molecule has 0 heterocycles. The summed E-state index contributed by atoms with van der Waals surface area (Å²) in [6, 6.07) is 0.0855. The lowest BCUT2D eigenvalue weighted by molar-refractivity contribution is -0.119. The van der Waals surface area contributed by atoms with Crippen molar-refractivity contribution in [3.63, 3.8) is 0 Å². The maximum absolute atomic E-state index is 10.4. The zero-order chi connectivity index (χ0) is 7.56. The van der Waals surface area contributed by atoms with Crippen LogP contribution in [0.5, 0.6) is 0 Å². The third kappa shape index (κ3) is 1.63. The van der Waals surface area contributed by atoms with Crippen molar-refractivity contribution in [2.75, 3.05) is 0 Å². The van der Waals surface area contributed by atoms with E-state index in [9.17, 15) is 4.79 Å². The minimum absolute atomic E-state index is 0.00565. The summed E-state index contributed by atoms with van der Waals surface area (Å²) < 4.78 is 0. The fraction of sp³-hybridized carbons (Fsp3) is 0.800. The summed E-state index contributed by atoms with van der Waals surface area (Å²) in [5, 5.41) is 6.08.